The molecule has 1 fully saturated rings. The van der Waals surface area contributed by atoms with E-state index in [-0.39, 0.29) is 11.9 Å². The zero-order valence-corrected chi connectivity index (χ0v) is 20.4. The smallest absolute Gasteiger partial charge is 0.252 e. The Morgan fingerprint density at radius 1 is 0.944 bits per heavy atom. The van der Waals surface area contributed by atoms with Gasteiger partial charge in [-0.1, -0.05) is 54.6 Å². The summed E-state index contributed by atoms with van der Waals surface area (Å²) in [6.07, 6.45) is 7.70. The maximum Gasteiger partial charge on any atom is 0.252 e. The minimum Gasteiger partial charge on any atom is -0.349 e. The molecule has 0 spiro atoms. The first-order chi connectivity index (χ1) is 17.7. The van der Waals surface area contributed by atoms with Gasteiger partial charge in [0, 0.05) is 37.3 Å². The largest absolute Gasteiger partial charge is 0.349 e. The molecule has 3 heterocycles. The summed E-state index contributed by atoms with van der Waals surface area (Å²) in [5, 5.41) is 4.32. The van der Waals surface area contributed by atoms with Gasteiger partial charge in [0.2, 0.25) is 0 Å². The number of para-hydroxylation sites is 1. The number of amides is 1. The highest BCUT2D eigenvalue weighted by atomic mass is 16.1. The predicted octanol–water partition coefficient (Wildman–Crippen LogP) is 5.51. The highest BCUT2D eigenvalue weighted by Crippen LogP contribution is 2.37. The number of benzene rings is 2. The van der Waals surface area contributed by atoms with E-state index in [2.05, 4.69) is 51.6 Å². The lowest BCUT2D eigenvalue weighted by molar-refractivity contribution is 0.0909. The van der Waals surface area contributed by atoms with Crippen molar-refractivity contribution in [3.05, 3.63) is 107 Å². The van der Waals surface area contributed by atoms with Gasteiger partial charge in [-0.2, -0.15) is 0 Å². The molecule has 1 saturated heterocycles. The predicted molar refractivity (Wildman–Crippen MR) is 144 cm³/mol. The van der Waals surface area contributed by atoms with Crippen molar-refractivity contribution in [1.82, 2.24) is 20.2 Å². The fraction of sp³-hybridized carbons (Fsp3) is 0.258. The average molecular weight is 475 g/mol. The minimum atomic E-state index is 0.0361. The van der Waals surface area contributed by atoms with Gasteiger partial charge in [0.25, 0.3) is 5.91 Å². The molecule has 2 aliphatic rings. The average Bonchev–Trinajstić information content (AvgIpc) is 3.31. The molecule has 1 N–H and O–H groups in total. The monoisotopic (exact) mass is 474 g/mol. The van der Waals surface area contributed by atoms with E-state index >= 15 is 0 Å². The number of carbonyl (C=O) groups excluding carboxylic acids is 1. The van der Waals surface area contributed by atoms with Gasteiger partial charge in [-0.15, -0.1) is 0 Å². The van der Waals surface area contributed by atoms with Crippen molar-refractivity contribution < 1.29 is 4.79 Å². The molecule has 1 aliphatic heterocycles. The Balaban J connectivity index is 1.23. The van der Waals surface area contributed by atoms with Crippen molar-refractivity contribution >= 4 is 28.5 Å². The molecule has 36 heavy (non-hydrogen) atoms. The van der Waals surface area contributed by atoms with Gasteiger partial charge in [-0.3, -0.25) is 14.7 Å². The summed E-state index contributed by atoms with van der Waals surface area (Å²) in [7, 11) is 0. The molecule has 0 atom stereocenters. The Labute approximate surface area is 211 Å². The second-order valence-electron chi connectivity index (χ2n) is 9.76. The number of hydrogen-bond donors (Lipinski definition) is 1. The first-order valence-corrected chi connectivity index (χ1v) is 12.9. The maximum atomic E-state index is 13.7. The maximum absolute atomic E-state index is 13.7. The number of pyridine rings is 2. The molecular formula is C31H30N4O. The van der Waals surface area contributed by atoms with Crippen molar-refractivity contribution in [3.8, 4) is 0 Å². The van der Waals surface area contributed by atoms with Crippen LogP contribution in [0.3, 0.4) is 0 Å². The molecule has 5 heteroatoms. The van der Waals surface area contributed by atoms with E-state index in [1.807, 2.05) is 48.7 Å². The molecule has 1 amide bonds. The molecule has 4 aromatic rings. The third kappa shape index (κ3) is 4.67. The van der Waals surface area contributed by atoms with E-state index in [0.29, 0.717) is 0 Å². The molecule has 2 aromatic heterocycles. The number of likely N-dealkylation sites (tertiary alicyclic amines) is 1. The van der Waals surface area contributed by atoms with E-state index in [0.717, 1.165) is 78.7 Å². The summed E-state index contributed by atoms with van der Waals surface area (Å²) in [6, 6.07) is 24.6. The summed E-state index contributed by atoms with van der Waals surface area (Å²) in [6.45, 7) is 2.78. The van der Waals surface area contributed by atoms with Gasteiger partial charge in [0.05, 0.1) is 22.5 Å². The molecule has 6 rings (SSSR count). The topological polar surface area (TPSA) is 58.1 Å². The van der Waals surface area contributed by atoms with Crippen LogP contribution in [0.2, 0.25) is 0 Å². The fourth-order valence-electron chi connectivity index (χ4n) is 5.50. The standard InChI is InChI=1S/C31H30N4O/c36-31(33-24-15-18-35(19-16-24)21-25-10-6-7-17-32-25)29-26-11-4-5-12-28(26)34-30-23(13-14-27(29)30)20-22-8-2-1-3-9-22/h1-12,17,20,24H,13-16,18-19,21H2,(H,33,36). The highest BCUT2D eigenvalue weighted by molar-refractivity contribution is 6.09. The normalized spacial score (nSPS) is 17.4. The fourth-order valence-corrected chi connectivity index (χ4v) is 5.50. The summed E-state index contributed by atoms with van der Waals surface area (Å²) in [5.74, 6) is 0.0361. The van der Waals surface area contributed by atoms with Crippen LogP contribution in [0, 0.1) is 0 Å². The minimum absolute atomic E-state index is 0.0361. The molecule has 0 bridgehead atoms. The van der Waals surface area contributed by atoms with Gasteiger partial charge in [-0.05, 0) is 66.7 Å². The Morgan fingerprint density at radius 2 is 1.72 bits per heavy atom. The van der Waals surface area contributed by atoms with Crippen molar-refractivity contribution in [2.75, 3.05) is 13.1 Å². The molecule has 0 unspecified atom stereocenters. The van der Waals surface area contributed by atoms with Gasteiger partial charge in [-0.25, -0.2) is 4.98 Å². The third-order valence-corrected chi connectivity index (χ3v) is 7.34. The number of aromatic nitrogens is 2. The SMILES string of the molecule is O=C(NC1CCN(Cc2ccccn2)CC1)c1c2c(nc3ccccc13)C(=Cc1ccccc1)CC2. The second-order valence-corrected chi connectivity index (χ2v) is 9.76. The molecule has 180 valence electrons. The quantitative estimate of drug-likeness (QED) is 0.414. The van der Waals surface area contributed by atoms with Crippen LogP contribution < -0.4 is 5.32 Å². The number of nitrogens with one attached hydrogen (secondary N) is 1. The van der Waals surface area contributed by atoms with Crippen LogP contribution in [0.15, 0.2) is 79.0 Å². The number of nitrogens with zero attached hydrogens (tertiary/aromatic N) is 3. The van der Waals surface area contributed by atoms with E-state index in [1.54, 1.807) is 0 Å². The zero-order valence-electron chi connectivity index (χ0n) is 20.4. The van der Waals surface area contributed by atoms with Crippen LogP contribution in [0.25, 0.3) is 22.6 Å². The molecular weight excluding hydrogens is 444 g/mol. The summed E-state index contributed by atoms with van der Waals surface area (Å²) < 4.78 is 0. The Morgan fingerprint density at radius 3 is 2.53 bits per heavy atom. The lowest BCUT2D eigenvalue weighted by Gasteiger charge is -2.32. The van der Waals surface area contributed by atoms with E-state index in [9.17, 15) is 4.79 Å². The van der Waals surface area contributed by atoms with E-state index in [1.165, 1.54) is 11.1 Å². The highest BCUT2D eigenvalue weighted by Gasteiger charge is 2.28. The van der Waals surface area contributed by atoms with Gasteiger partial charge >= 0.3 is 0 Å². The van der Waals surface area contributed by atoms with Crippen LogP contribution in [-0.4, -0.2) is 39.9 Å². The second kappa shape index (κ2) is 10.0. The molecule has 2 aromatic carbocycles. The van der Waals surface area contributed by atoms with Crippen LogP contribution in [-0.2, 0) is 13.0 Å². The Kier molecular flexibility index (Phi) is 6.31. The van der Waals surface area contributed by atoms with E-state index < -0.39 is 0 Å². The van der Waals surface area contributed by atoms with Crippen molar-refractivity contribution in [2.24, 2.45) is 0 Å². The first-order valence-electron chi connectivity index (χ1n) is 12.9. The molecule has 0 saturated carbocycles. The molecule has 5 nitrogen and oxygen atoms in total. The zero-order chi connectivity index (χ0) is 24.3. The summed E-state index contributed by atoms with van der Waals surface area (Å²) >= 11 is 0. The van der Waals surface area contributed by atoms with Gasteiger partial charge in [0.1, 0.15) is 0 Å². The Hall–Kier alpha value is -3.83. The van der Waals surface area contributed by atoms with E-state index in [4.69, 9.17) is 4.98 Å². The van der Waals surface area contributed by atoms with Crippen molar-refractivity contribution in [2.45, 2.75) is 38.3 Å². The van der Waals surface area contributed by atoms with Crippen molar-refractivity contribution in [1.29, 1.82) is 0 Å². The summed E-state index contributed by atoms with van der Waals surface area (Å²) in [4.78, 5) is 25.6. The van der Waals surface area contributed by atoms with Crippen LogP contribution in [0.4, 0.5) is 0 Å². The van der Waals surface area contributed by atoms with Gasteiger partial charge in [0.15, 0.2) is 0 Å². The number of hydrogen-bond acceptors (Lipinski definition) is 4. The number of allylic oxidation sites excluding steroid dienone is 1. The lowest BCUT2D eigenvalue weighted by Crippen LogP contribution is -2.44. The number of fused-ring (bicyclic) bond motifs is 2. The number of carbonyl (C=O) groups is 1. The number of piperidine rings is 1. The lowest BCUT2D eigenvalue weighted by atomic mass is 9.98. The van der Waals surface area contributed by atoms with Crippen LogP contribution in [0.1, 0.15) is 52.1 Å². The Bertz CT molecular complexity index is 1410. The summed E-state index contributed by atoms with van der Waals surface area (Å²) in [5.41, 5.74) is 7.22. The number of rotatable bonds is 5. The first kappa shape index (κ1) is 22.6. The van der Waals surface area contributed by atoms with Crippen LogP contribution in [0.5, 0.6) is 0 Å². The molecule has 1 aliphatic carbocycles. The molecule has 0 radical (unpaired) electrons. The van der Waals surface area contributed by atoms with Gasteiger partial charge < -0.3 is 5.32 Å². The van der Waals surface area contributed by atoms with Crippen molar-refractivity contribution in [3.63, 3.8) is 0 Å². The van der Waals surface area contributed by atoms with Crippen LogP contribution >= 0.6 is 0 Å². The third-order valence-electron chi connectivity index (χ3n) is 7.34.